The predicted octanol–water partition coefficient (Wildman–Crippen LogP) is 2.44. The van der Waals surface area contributed by atoms with Crippen LogP contribution in [0.2, 0.25) is 0 Å². The van der Waals surface area contributed by atoms with Crippen LogP contribution in [0.25, 0.3) is 0 Å². The Balaban J connectivity index is 4.26. The van der Waals surface area contributed by atoms with Crippen molar-refractivity contribution in [2.45, 2.75) is 4.83 Å². The zero-order valence-corrected chi connectivity index (χ0v) is 13.9. The van der Waals surface area contributed by atoms with E-state index in [-0.39, 0.29) is 0 Å². The minimum Gasteiger partial charge on any atom is -0.330 e. The van der Waals surface area contributed by atoms with Gasteiger partial charge in [0.2, 0.25) is 0 Å². The monoisotopic (exact) mass is 342 g/mol. The largest absolute Gasteiger partial charge is 0.330 e. The molecule has 0 heterocycles. The summed E-state index contributed by atoms with van der Waals surface area (Å²) in [5.41, 5.74) is 0. The topological polar surface area (TPSA) is 0 Å². The molecule has 0 aliphatic rings. The third kappa shape index (κ3) is 9.54. The lowest BCUT2D eigenvalue weighted by Gasteiger charge is -2.27. The van der Waals surface area contributed by atoms with Gasteiger partial charge >= 0.3 is 0 Å². The SMILES string of the molecule is C[N+](C)(C)C/C=C(/Br)[C@@H](Br)C[N+](C)(C)C. The van der Waals surface area contributed by atoms with Crippen molar-refractivity contribution < 1.29 is 8.97 Å². The number of quaternary nitrogens is 2. The standard InChI is InChI=1S/C11H24Br2N2/c1-14(2,3)8-7-10(12)11(13)9-15(4,5)6/h7,11H,8-9H2,1-6H3/q+2/b10-7+/t11-/m0/s1. The van der Waals surface area contributed by atoms with Crippen LogP contribution in [0.4, 0.5) is 0 Å². The summed E-state index contributed by atoms with van der Waals surface area (Å²) in [6.07, 6.45) is 2.26. The minimum atomic E-state index is 0.407. The second-order valence-electron chi connectivity index (χ2n) is 6.00. The Labute approximate surface area is 111 Å². The minimum absolute atomic E-state index is 0.407. The summed E-state index contributed by atoms with van der Waals surface area (Å²) >= 11 is 7.35. The molecule has 0 amide bonds. The molecule has 0 aliphatic carbocycles. The smallest absolute Gasteiger partial charge is 0.0978 e. The summed E-state index contributed by atoms with van der Waals surface area (Å²) in [6, 6.07) is 0. The fourth-order valence-electron chi connectivity index (χ4n) is 1.06. The van der Waals surface area contributed by atoms with Crippen molar-refractivity contribution in [3.63, 3.8) is 0 Å². The van der Waals surface area contributed by atoms with Crippen molar-refractivity contribution in [3.8, 4) is 0 Å². The van der Waals surface area contributed by atoms with E-state index in [0.29, 0.717) is 4.83 Å². The fourth-order valence-corrected chi connectivity index (χ4v) is 2.40. The predicted molar refractivity (Wildman–Crippen MR) is 75.5 cm³/mol. The molecule has 0 fully saturated rings. The summed E-state index contributed by atoms with van der Waals surface area (Å²) in [4.78, 5) is 0.407. The molecule has 0 aliphatic heterocycles. The number of alkyl halides is 1. The fraction of sp³-hybridized carbons (Fsp3) is 0.818. The number of rotatable bonds is 5. The first-order valence-corrected chi connectivity index (χ1v) is 6.83. The maximum Gasteiger partial charge on any atom is 0.0978 e. The molecule has 0 aromatic heterocycles. The Kier molecular flexibility index (Phi) is 6.04. The molecule has 2 nitrogen and oxygen atoms in total. The molecule has 4 heteroatoms. The van der Waals surface area contributed by atoms with Crippen LogP contribution in [-0.2, 0) is 0 Å². The van der Waals surface area contributed by atoms with E-state index in [2.05, 4.69) is 80.2 Å². The lowest BCUT2D eigenvalue weighted by atomic mass is 10.3. The first-order chi connectivity index (χ1) is 6.51. The molecule has 90 valence electrons. The number of nitrogens with zero attached hydrogens (tertiary/aromatic N) is 2. The summed E-state index contributed by atoms with van der Waals surface area (Å²) in [6.45, 7) is 2.12. The van der Waals surface area contributed by atoms with Gasteiger partial charge in [0.15, 0.2) is 0 Å². The van der Waals surface area contributed by atoms with Crippen molar-refractivity contribution >= 4 is 31.9 Å². The Morgan fingerprint density at radius 2 is 1.53 bits per heavy atom. The third-order valence-electron chi connectivity index (χ3n) is 1.84. The molecule has 0 aromatic carbocycles. The lowest BCUT2D eigenvalue weighted by Crippen LogP contribution is -2.40. The van der Waals surface area contributed by atoms with E-state index in [9.17, 15) is 0 Å². The first kappa shape index (κ1) is 15.6. The van der Waals surface area contributed by atoms with Crippen LogP contribution < -0.4 is 0 Å². The van der Waals surface area contributed by atoms with E-state index in [1.165, 1.54) is 4.48 Å². The lowest BCUT2D eigenvalue weighted by molar-refractivity contribution is -0.869. The van der Waals surface area contributed by atoms with E-state index in [0.717, 1.165) is 22.1 Å². The van der Waals surface area contributed by atoms with Gasteiger partial charge in [-0.3, -0.25) is 0 Å². The van der Waals surface area contributed by atoms with Crippen LogP contribution in [0.15, 0.2) is 10.6 Å². The van der Waals surface area contributed by atoms with Gasteiger partial charge < -0.3 is 8.97 Å². The van der Waals surface area contributed by atoms with Crippen LogP contribution in [0.5, 0.6) is 0 Å². The number of halogens is 2. The normalized spacial score (nSPS) is 16.7. The van der Waals surface area contributed by atoms with Crippen molar-refractivity contribution in [1.82, 2.24) is 0 Å². The molecular formula is C11H24Br2N2+2. The van der Waals surface area contributed by atoms with Gasteiger partial charge in [-0.1, -0.05) is 31.9 Å². The van der Waals surface area contributed by atoms with E-state index in [4.69, 9.17) is 0 Å². The van der Waals surface area contributed by atoms with Crippen molar-refractivity contribution in [3.05, 3.63) is 10.6 Å². The van der Waals surface area contributed by atoms with Crippen LogP contribution in [0.1, 0.15) is 0 Å². The molecule has 1 atom stereocenters. The zero-order chi connectivity index (χ0) is 12.3. The molecule has 0 saturated carbocycles. The second-order valence-corrected chi connectivity index (χ2v) is 8.02. The van der Waals surface area contributed by atoms with Gasteiger partial charge in [0.05, 0.1) is 60.2 Å². The van der Waals surface area contributed by atoms with Crippen LogP contribution in [0.3, 0.4) is 0 Å². The first-order valence-electron chi connectivity index (χ1n) is 5.12. The molecule has 0 rings (SSSR count). The van der Waals surface area contributed by atoms with Crippen LogP contribution in [-0.4, -0.2) is 69.2 Å². The number of hydrogen-bond donors (Lipinski definition) is 0. The zero-order valence-electron chi connectivity index (χ0n) is 10.7. The molecule has 0 N–H and O–H groups in total. The van der Waals surface area contributed by atoms with Gasteiger partial charge in [0.25, 0.3) is 0 Å². The molecule has 15 heavy (non-hydrogen) atoms. The highest BCUT2D eigenvalue weighted by molar-refractivity contribution is 9.14. The molecule has 0 spiro atoms. The Morgan fingerprint density at radius 1 is 1.07 bits per heavy atom. The van der Waals surface area contributed by atoms with Gasteiger partial charge in [-0.25, -0.2) is 0 Å². The van der Waals surface area contributed by atoms with Gasteiger partial charge in [0, 0.05) is 4.48 Å². The quantitative estimate of drug-likeness (QED) is 0.531. The van der Waals surface area contributed by atoms with E-state index in [1.807, 2.05) is 0 Å². The molecular weight excluding hydrogens is 320 g/mol. The van der Waals surface area contributed by atoms with Crippen molar-refractivity contribution in [1.29, 1.82) is 0 Å². The highest BCUT2D eigenvalue weighted by Crippen LogP contribution is 2.21. The van der Waals surface area contributed by atoms with Gasteiger partial charge in [0.1, 0.15) is 0 Å². The summed E-state index contributed by atoms with van der Waals surface area (Å²) in [5, 5.41) is 0. The molecule has 0 unspecified atom stereocenters. The summed E-state index contributed by atoms with van der Waals surface area (Å²) < 4.78 is 3.17. The Morgan fingerprint density at radius 3 is 1.87 bits per heavy atom. The van der Waals surface area contributed by atoms with Crippen molar-refractivity contribution in [2.75, 3.05) is 55.4 Å². The van der Waals surface area contributed by atoms with Crippen LogP contribution >= 0.6 is 31.9 Å². The summed E-state index contributed by atoms with van der Waals surface area (Å²) in [5.74, 6) is 0. The molecule has 0 bridgehead atoms. The van der Waals surface area contributed by atoms with E-state index >= 15 is 0 Å². The Hall–Kier alpha value is 0.620. The third-order valence-corrected chi connectivity index (χ3v) is 4.11. The van der Waals surface area contributed by atoms with Gasteiger partial charge in [-0.05, 0) is 6.08 Å². The average Bonchev–Trinajstić information content (AvgIpc) is 1.95. The van der Waals surface area contributed by atoms with E-state index < -0.39 is 0 Å². The highest BCUT2D eigenvalue weighted by atomic mass is 79.9. The van der Waals surface area contributed by atoms with Crippen molar-refractivity contribution in [2.24, 2.45) is 0 Å². The summed E-state index contributed by atoms with van der Waals surface area (Å²) in [7, 11) is 13.2. The number of likely N-dealkylation sites (N-methyl/N-ethyl adjacent to an activating group) is 1. The average molecular weight is 344 g/mol. The Bertz CT molecular complexity index is 224. The molecule has 0 aromatic rings. The maximum atomic E-state index is 3.71. The highest BCUT2D eigenvalue weighted by Gasteiger charge is 2.18. The van der Waals surface area contributed by atoms with Gasteiger partial charge in [-0.15, -0.1) is 0 Å². The van der Waals surface area contributed by atoms with Gasteiger partial charge in [-0.2, -0.15) is 0 Å². The molecule has 0 radical (unpaired) electrons. The number of hydrogen-bond acceptors (Lipinski definition) is 0. The second kappa shape index (κ2) is 5.80. The molecule has 0 saturated heterocycles. The maximum absolute atomic E-state index is 3.71. The van der Waals surface area contributed by atoms with E-state index in [1.54, 1.807) is 0 Å². The van der Waals surface area contributed by atoms with Crippen LogP contribution in [0, 0.1) is 0 Å².